The minimum absolute atomic E-state index is 0. The first-order chi connectivity index (χ1) is 14.2. The van der Waals surface area contributed by atoms with Crippen molar-refractivity contribution in [1.82, 2.24) is 20.2 Å². The molecular formula is C20H27F2IN6O. The maximum atomic E-state index is 12.3. The van der Waals surface area contributed by atoms with E-state index in [0.717, 1.165) is 50.2 Å². The predicted molar refractivity (Wildman–Crippen MR) is 124 cm³/mol. The lowest BCUT2D eigenvalue weighted by Crippen LogP contribution is -2.52. The third-order valence-corrected chi connectivity index (χ3v) is 4.43. The van der Waals surface area contributed by atoms with Gasteiger partial charge in [-0.1, -0.05) is 12.1 Å². The van der Waals surface area contributed by atoms with E-state index in [9.17, 15) is 8.78 Å². The number of rotatable bonds is 7. The lowest BCUT2D eigenvalue weighted by molar-refractivity contribution is 0.0818. The highest BCUT2D eigenvalue weighted by atomic mass is 127. The second-order valence-electron chi connectivity index (χ2n) is 6.54. The molecule has 0 amide bonds. The van der Waals surface area contributed by atoms with Gasteiger partial charge in [-0.15, -0.1) is 24.0 Å². The number of aromatic nitrogens is 2. The summed E-state index contributed by atoms with van der Waals surface area (Å²) in [5, 5.41) is 3.33. The molecule has 0 saturated carbocycles. The number of guanidine groups is 1. The van der Waals surface area contributed by atoms with Gasteiger partial charge < -0.3 is 19.9 Å². The lowest BCUT2D eigenvalue weighted by atomic mass is 10.2. The van der Waals surface area contributed by atoms with E-state index in [2.05, 4.69) is 25.1 Å². The van der Waals surface area contributed by atoms with Crippen LogP contribution >= 0.6 is 24.0 Å². The number of halogens is 3. The van der Waals surface area contributed by atoms with Crippen LogP contribution in [0.5, 0.6) is 5.75 Å². The number of benzene rings is 1. The van der Waals surface area contributed by atoms with Crippen LogP contribution in [0.15, 0.2) is 47.7 Å². The average molecular weight is 532 g/mol. The van der Waals surface area contributed by atoms with Crippen LogP contribution < -0.4 is 15.0 Å². The van der Waals surface area contributed by atoms with Crippen molar-refractivity contribution in [2.24, 2.45) is 4.99 Å². The van der Waals surface area contributed by atoms with Crippen molar-refractivity contribution in [3.63, 3.8) is 0 Å². The molecule has 10 heteroatoms. The molecule has 0 bridgehead atoms. The summed E-state index contributed by atoms with van der Waals surface area (Å²) in [6.45, 7) is 5.86. The third-order valence-electron chi connectivity index (χ3n) is 4.43. The molecule has 1 fully saturated rings. The van der Waals surface area contributed by atoms with Crippen molar-refractivity contribution < 1.29 is 13.5 Å². The van der Waals surface area contributed by atoms with E-state index in [0.29, 0.717) is 12.3 Å². The van der Waals surface area contributed by atoms with E-state index in [-0.39, 0.29) is 24.0 Å². The van der Waals surface area contributed by atoms with E-state index >= 15 is 0 Å². The lowest BCUT2D eigenvalue weighted by Gasteiger charge is -2.36. The number of piperazine rings is 1. The first-order valence-corrected chi connectivity index (χ1v) is 9.71. The van der Waals surface area contributed by atoms with Crippen LogP contribution in [0.2, 0.25) is 0 Å². The molecule has 30 heavy (non-hydrogen) atoms. The largest absolute Gasteiger partial charge is 0.488 e. The molecule has 164 valence electrons. The van der Waals surface area contributed by atoms with E-state index < -0.39 is 13.0 Å². The monoisotopic (exact) mass is 532 g/mol. The van der Waals surface area contributed by atoms with E-state index in [1.807, 2.05) is 19.1 Å². The second-order valence-corrected chi connectivity index (χ2v) is 6.54. The Balaban J connectivity index is 0.00000320. The molecule has 3 rings (SSSR count). The van der Waals surface area contributed by atoms with Gasteiger partial charge in [0.05, 0.1) is 6.54 Å². The third kappa shape index (κ3) is 7.22. The summed E-state index contributed by atoms with van der Waals surface area (Å²) in [6.07, 6.45) is 1.01. The molecular weight excluding hydrogens is 505 g/mol. The van der Waals surface area contributed by atoms with Crippen molar-refractivity contribution >= 4 is 35.9 Å². The summed E-state index contributed by atoms with van der Waals surface area (Å²) < 4.78 is 29.7. The number of hydrogen-bond donors (Lipinski definition) is 1. The maximum absolute atomic E-state index is 12.3. The van der Waals surface area contributed by atoms with Crippen molar-refractivity contribution in [3.8, 4) is 5.75 Å². The first kappa shape index (κ1) is 24.0. The molecule has 1 saturated heterocycles. The number of hydrogen-bond acceptors (Lipinski definition) is 5. The molecule has 2 heterocycles. The molecule has 1 aliphatic heterocycles. The van der Waals surface area contributed by atoms with Crippen molar-refractivity contribution in [3.05, 3.63) is 48.3 Å². The van der Waals surface area contributed by atoms with Crippen LogP contribution in [0.1, 0.15) is 12.5 Å². The van der Waals surface area contributed by atoms with Crippen LogP contribution in [-0.2, 0) is 6.54 Å². The van der Waals surface area contributed by atoms with Gasteiger partial charge >= 0.3 is 0 Å². The Morgan fingerprint density at radius 1 is 1.17 bits per heavy atom. The van der Waals surface area contributed by atoms with E-state index in [4.69, 9.17) is 9.73 Å². The molecule has 0 unspecified atom stereocenters. The Labute approximate surface area is 192 Å². The summed E-state index contributed by atoms with van der Waals surface area (Å²) in [6, 6.07) is 8.93. The number of anilines is 1. The fraction of sp³-hybridized carbons (Fsp3) is 0.450. The maximum Gasteiger partial charge on any atom is 0.272 e. The van der Waals surface area contributed by atoms with Crippen LogP contribution in [-0.4, -0.2) is 66.6 Å². The van der Waals surface area contributed by atoms with Crippen LogP contribution in [0.3, 0.4) is 0 Å². The Hall–Kier alpha value is -2.24. The van der Waals surface area contributed by atoms with Gasteiger partial charge in [0.25, 0.3) is 6.43 Å². The minimum atomic E-state index is -2.49. The van der Waals surface area contributed by atoms with Gasteiger partial charge in [0.1, 0.15) is 12.4 Å². The topological polar surface area (TPSA) is 65.9 Å². The van der Waals surface area contributed by atoms with Crippen molar-refractivity contribution in [1.29, 1.82) is 0 Å². The quantitative estimate of drug-likeness (QED) is 0.336. The van der Waals surface area contributed by atoms with E-state index in [1.54, 1.807) is 30.6 Å². The number of nitrogens with zero attached hydrogens (tertiary/aromatic N) is 5. The van der Waals surface area contributed by atoms with Crippen LogP contribution in [0.25, 0.3) is 0 Å². The molecule has 0 aliphatic carbocycles. The molecule has 2 aromatic rings. The summed E-state index contributed by atoms with van der Waals surface area (Å²) >= 11 is 0. The van der Waals surface area contributed by atoms with Crippen LogP contribution in [0.4, 0.5) is 14.7 Å². The highest BCUT2D eigenvalue weighted by Crippen LogP contribution is 2.15. The highest BCUT2D eigenvalue weighted by molar-refractivity contribution is 14.0. The Bertz CT molecular complexity index is 788. The zero-order valence-electron chi connectivity index (χ0n) is 16.9. The molecule has 7 nitrogen and oxygen atoms in total. The van der Waals surface area contributed by atoms with Gasteiger partial charge in [0, 0.05) is 45.1 Å². The van der Waals surface area contributed by atoms with Gasteiger partial charge in [0.2, 0.25) is 5.95 Å². The summed E-state index contributed by atoms with van der Waals surface area (Å²) in [4.78, 5) is 17.7. The first-order valence-electron chi connectivity index (χ1n) is 9.71. The minimum Gasteiger partial charge on any atom is -0.488 e. The Morgan fingerprint density at radius 2 is 1.90 bits per heavy atom. The SMILES string of the molecule is CCNC(=NCc1cccc(OCC(F)F)c1)N1CCN(c2ncccn2)CC1.I. The summed E-state index contributed by atoms with van der Waals surface area (Å²) in [5.74, 6) is 2.01. The molecule has 0 radical (unpaired) electrons. The van der Waals surface area contributed by atoms with Gasteiger partial charge in [0.15, 0.2) is 5.96 Å². The molecule has 0 spiro atoms. The van der Waals surface area contributed by atoms with Gasteiger partial charge in [-0.2, -0.15) is 0 Å². The summed E-state index contributed by atoms with van der Waals surface area (Å²) in [7, 11) is 0. The Morgan fingerprint density at radius 3 is 2.57 bits per heavy atom. The predicted octanol–water partition coefficient (Wildman–Crippen LogP) is 3.03. The number of aliphatic imine (C=N–C) groups is 1. The average Bonchev–Trinajstić information content (AvgIpc) is 2.76. The van der Waals surface area contributed by atoms with Gasteiger partial charge in [-0.05, 0) is 30.7 Å². The van der Waals surface area contributed by atoms with Crippen LogP contribution in [0, 0.1) is 0 Å². The summed E-state index contributed by atoms with van der Waals surface area (Å²) in [5.41, 5.74) is 0.906. The fourth-order valence-corrected chi connectivity index (χ4v) is 3.06. The molecule has 1 N–H and O–H groups in total. The fourth-order valence-electron chi connectivity index (χ4n) is 3.06. The number of alkyl halides is 2. The molecule has 1 aliphatic rings. The normalized spacial score (nSPS) is 14.5. The van der Waals surface area contributed by atoms with Crippen molar-refractivity contribution in [2.75, 3.05) is 44.2 Å². The van der Waals surface area contributed by atoms with Gasteiger partial charge in [-0.3, -0.25) is 0 Å². The van der Waals surface area contributed by atoms with Gasteiger partial charge in [-0.25, -0.2) is 23.7 Å². The molecule has 1 aromatic heterocycles. The zero-order valence-corrected chi connectivity index (χ0v) is 19.2. The number of nitrogens with one attached hydrogen (secondary N) is 1. The molecule has 0 atom stereocenters. The highest BCUT2D eigenvalue weighted by Gasteiger charge is 2.21. The second kappa shape index (κ2) is 12.5. The Kier molecular flexibility index (Phi) is 9.98. The molecule has 1 aromatic carbocycles. The zero-order chi connectivity index (χ0) is 20.5. The number of ether oxygens (including phenoxy) is 1. The standard InChI is InChI=1S/C20H26F2N6O.HI/c1-2-23-19(26-14-16-5-3-6-17(13-16)29-15-18(21)22)27-9-11-28(12-10-27)20-24-7-4-8-25-20;/h3-8,13,18H,2,9-12,14-15H2,1H3,(H,23,26);1H. The smallest absolute Gasteiger partial charge is 0.272 e. The van der Waals surface area contributed by atoms with Crippen molar-refractivity contribution in [2.45, 2.75) is 19.9 Å². The van der Waals surface area contributed by atoms with E-state index in [1.165, 1.54) is 0 Å².